The number of halogens is 1. The van der Waals surface area contributed by atoms with Crippen molar-refractivity contribution in [1.82, 2.24) is 14.9 Å². The Morgan fingerprint density at radius 1 is 1.23 bits per heavy atom. The molecule has 10 nitrogen and oxygen atoms in total. The third-order valence-electron chi connectivity index (χ3n) is 8.13. The molecule has 47 heavy (non-hydrogen) atoms. The number of ketones is 1. The van der Waals surface area contributed by atoms with Crippen molar-refractivity contribution >= 4 is 23.1 Å². The van der Waals surface area contributed by atoms with E-state index in [1.54, 1.807) is 24.3 Å². The average Bonchev–Trinajstić information content (AvgIpc) is 3.01. The molecule has 1 unspecified atom stereocenters. The third kappa shape index (κ3) is 10.2. The van der Waals surface area contributed by atoms with Gasteiger partial charge in [-0.2, -0.15) is 5.26 Å². The minimum absolute atomic E-state index is 0.0743. The number of anilines is 2. The van der Waals surface area contributed by atoms with Gasteiger partial charge in [0.15, 0.2) is 5.78 Å². The zero-order valence-electron chi connectivity index (χ0n) is 28.1. The first-order chi connectivity index (χ1) is 22.4. The zero-order chi connectivity index (χ0) is 34.6. The summed E-state index contributed by atoms with van der Waals surface area (Å²) in [6.45, 7) is 11.1. The number of allylic oxidation sites excluding steroid dienone is 1. The fraction of sp³-hybridized carbons (Fsp3) is 0.417. The van der Waals surface area contributed by atoms with Crippen LogP contribution in [0.5, 0.6) is 11.5 Å². The molecular formula is C36H46FN7O3. The van der Waals surface area contributed by atoms with Crippen LogP contribution in [0.15, 0.2) is 66.5 Å². The lowest BCUT2D eigenvalue weighted by Gasteiger charge is -2.43. The second-order valence-electron chi connectivity index (χ2n) is 12.0. The summed E-state index contributed by atoms with van der Waals surface area (Å²) < 4.78 is 25.7. The maximum atomic E-state index is 14.9. The van der Waals surface area contributed by atoms with Gasteiger partial charge >= 0.3 is 0 Å². The minimum atomic E-state index is -0.578. The summed E-state index contributed by atoms with van der Waals surface area (Å²) in [5, 5.41) is 20.9. The van der Waals surface area contributed by atoms with Gasteiger partial charge < -0.3 is 20.5 Å². The minimum Gasteiger partial charge on any atom is -0.457 e. The molecule has 2 aromatic carbocycles. The number of nitrogen functional groups attached to an aromatic ring is 1. The van der Waals surface area contributed by atoms with E-state index in [2.05, 4.69) is 34.0 Å². The van der Waals surface area contributed by atoms with E-state index in [4.69, 9.17) is 25.9 Å². The number of carbonyl (C=O) groups is 1. The predicted octanol–water partition coefficient (Wildman–Crippen LogP) is 6.92. The molecule has 1 saturated heterocycles. The highest BCUT2D eigenvalue weighted by atomic mass is 19.1. The summed E-state index contributed by atoms with van der Waals surface area (Å²) in [6.07, 6.45) is 7.13. The number of hydrogen-bond acceptors (Lipinski definition) is 10. The van der Waals surface area contributed by atoms with Gasteiger partial charge in [-0.1, -0.05) is 44.9 Å². The van der Waals surface area contributed by atoms with Crippen molar-refractivity contribution in [2.24, 2.45) is 0 Å². The highest BCUT2D eigenvalue weighted by molar-refractivity contribution is 6.16. The van der Waals surface area contributed by atoms with Crippen LogP contribution >= 0.6 is 0 Å². The van der Waals surface area contributed by atoms with Crippen LogP contribution in [0.2, 0.25) is 0 Å². The molecule has 0 aliphatic carbocycles. The summed E-state index contributed by atoms with van der Waals surface area (Å²) in [6, 6.07) is 16.0. The third-order valence-corrected chi connectivity index (χ3v) is 8.13. The van der Waals surface area contributed by atoms with E-state index in [9.17, 15) is 9.18 Å². The van der Waals surface area contributed by atoms with Gasteiger partial charge in [0.1, 0.15) is 41.3 Å². The number of carbonyl (C=O) groups excluding carboxylic acids is 1. The molecule has 0 saturated carbocycles. The monoisotopic (exact) mass is 643 g/mol. The van der Waals surface area contributed by atoms with Crippen molar-refractivity contribution in [3.63, 3.8) is 0 Å². The van der Waals surface area contributed by atoms with Crippen molar-refractivity contribution in [3.05, 3.63) is 83.5 Å². The first kappa shape index (κ1) is 36.8. The van der Waals surface area contributed by atoms with Crippen LogP contribution in [0.25, 0.3) is 0 Å². The van der Waals surface area contributed by atoms with Gasteiger partial charge in [0.2, 0.25) is 0 Å². The summed E-state index contributed by atoms with van der Waals surface area (Å²) in [5.41, 5.74) is 6.31. The molecule has 4 rings (SSSR count). The highest BCUT2D eigenvalue weighted by Gasteiger charge is 2.33. The van der Waals surface area contributed by atoms with Crippen molar-refractivity contribution in [1.29, 1.82) is 10.7 Å². The topological polar surface area (TPSA) is 150 Å². The van der Waals surface area contributed by atoms with Crippen LogP contribution in [0.3, 0.4) is 0 Å². The standard InChI is InChI=1S/C24H28FN5O.C12H18N2O2/c1-3-5-9-16(4-2)30-24-21(23(27)28-15-29-24)22(26)19-13-12-18(14-20(19)25)31-17-10-7-6-8-11-17;1-9(15)10(6-13)5-12(2,3)14(4)11-7-16-8-11/h6-8,10-16,26H,3-5,9H2,1-2H3,(H3,27,28,29,30);5,11H,7-8H2,1-4H3/b;10-5+. The molecule has 1 aliphatic heterocycles. The number of ether oxygens (including phenoxy) is 2. The zero-order valence-corrected chi connectivity index (χ0v) is 28.1. The lowest BCUT2D eigenvalue weighted by molar-refractivity contribution is -0.113. The van der Waals surface area contributed by atoms with Crippen LogP contribution in [0.1, 0.15) is 71.4 Å². The maximum Gasteiger partial charge on any atom is 0.170 e. The summed E-state index contributed by atoms with van der Waals surface area (Å²) in [4.78, 5) is 21.6. The van der Waals surface area contributed by atoms with Gasteiger partial charge in [-0.25, -0.2) is 14.4 Å². The average molecular weight is 644 g/mol. The van der Waals surface area contributed by atoms with E-state index in [1.165, 1.54) is 25.4 Å². The van der Waals surface area contributed by atoms with Gasteiger partial charge in [0, 0.05) is 23.2 Å². The molecule has 2 heterocycles. The van der Waals surface area contributed by atoms with Crippen molar-refractivity contribution in [2.75, 3.05) is 31.3 Å². The molecule has 0 amide bonds. The molecular weight excluding hydrogens is 597 g/mol. The second-order valence-corrected chi connectivity index (χ2v) is 12.0. The van der Waals surface area contributed by atoms with Crippen molar-refractivity contribution < 1.29 is 18.7 Å². The Balaban J connectivity index is 0.000000316. The molecule has 4 N–H and O–H groups in total. The number of unbranched alkanes of at least 4 members (excludes halogenated alkanes) is 1. The normalized spacial score (nSPS) is 13.9. The van der Waals surface area contributed by atoms with Gasteiger partial charge in [-0.15, -0.1) is 0 Å². The molecule has 1 aliphatic rings. The summed E-state index contributed by atoms with van der Waals surface area (Å²) in [5.74, 6) is 0.775. The van der Waals surface area contributed by atoms with E-state index in [-0.39, 0.29) is 40.0 Å². The highest BCUT2D eigenvalue weighted by Crippen LogP contribution is 2.28. The number of nitrogens with zero attached hydrogens (tertiary/aromatic N) is 4. The van der Waals surface area contributed by atoms with Crippen LogP contribution < -0.4 is 15.8 Å². The fourth-order valence-electron chi connectivity index (χ4n) is 4.88. The Morgan fingerprint density at radius 3 is 2.49 bits per heavy atom. The van der Waals surface area contributed by atoms with Crippen LogP contribution in [-0.4, -0.2) is 64.2 Å². The molecule has 1 fully saturated rings. The largest absolute Gasteiger partial charge is 0.457 e. The van der Waals surface area contributed by atoms with E-state index in [0.29, 0.717) is 28.9 Å². The van der Waals surface area contributed by atoms with E-state index < -0.39 is 5.82 Å². The van der Waals surface area contributed by atoms with Crippen LogP contribution in [-0.2, 0) is 9.53 Å². The number of nitrogens with two attached hydrogens (primary N) is 1. The second kappa shape index (κ2) is 17.3. The Hall–Kier alpha value is -4.66. The smallest absolute Gasteiger partial charge is 0.170 e. The number of aromatic nitrogens is 2. The lowest BCUT2D eigenvalue weighted by atomic mass is 9.96. The first-order valence-electron chi connectivity index (χ1n) is 15.8. The maximum absolute atomic E-state index is 14.9. The molecule has 0 radical (unpaired) electrons. The summed E-state index contributed by atoms with van der Waals surface area (Å²) >= 11 is 0. The van der Waals surface area contributed by atoms with Gasteiger partial charge in [0.25, 0.3) is 0 Å². The summed E-state index contributed by atoms with van der Waals surface area (Å²) in [7, 11) is 1.98. The molecule has 1 atom stereocenters. The number of hydrogen-bond donors (Lipinski definition) is 3. The number of rotatable bonds is 14. The predicted molar refractivity (Wildman–Crippen MR) is 183 cm³/mol. The van der Waals surface area contributed by atoms with Crippen LogP contribution in [0.4, 0.5) is 16.0 Å². The lowest BCUT2D eigenvalue weighted by Crippen LogP contribution is -2.55. The van der Waals surface area contributed by atoms with E-state index >= 15 is 0 Å². The van der Waals surface area contributed by atoms with Gasteiger partial charge in [-0.3, -0.25) is 15.1 Å². The number of benzene rings is 2. The first-order valence-corrected chi connectivity index (χ1v) is 15.8. The Morgan fingerprint density at radius 2 is 1.94 bits per heavy atom. The Kier molecular flexibility index (Phi) is 13.6. The molecule has 3 aromatic rings. The quantitative estimate of drug-likeness (QED) is 0.0966. The van der Waals surface area contributed by atoms with Crippen LogP contribution in [0, 0.1) is 22.6 Å². The molecule has 11 heteroatoms. The van der Waals surface area contributed by atoms with Crippen molar-refractivity contribution in [2.45, 2.75) is 77.9 Å². The Labute approximate surface area is 277 Å². The number of likely N-dealkylation sites (N-methyl/N-ethyl adjacent to an activating group) is 1. The SMILES string of the molecule is CC(=O)/C(C#N)=C/C(C)(C)N(C)C1COC1.CCCCC(CC)Nc1ncnc(N)c1C(=N)c1ccc(Oc2ccccc2)cc1F. The van der Waals surface area contributed by atoms with Crippen molar-refractivity contribution in [3.8, 4) is 17.6 Å². The molecule has 250 valence electrons. The number of Topliss-reactive ketones (excluding diaryl/α,β-unsaturated/α-hetero) is 1. The van der Waals surface area contributed by atoms with Gasteiger partial charge in [0.05, 0.1) is 36.1 Å². The number of nitrogens with one attached hydrogen (secondary N) is 2. The molecule has 1 aromatic heterocycles. The molecule has 0 bridgehead atoms. The number of para-hydroxylation sites is 1. The fourth-order valence-corrected chi connectivity index (χ4v) is 4.88. The van der Waals surface area contributed by atoms with Gasteiger partial charge in [-0.05, 0) is 71.0 Å². The van der Waals surface area contributed by atoms with E-state index in [1.807, 2.05) is 45.2 Å². The number of nitriles is 1. The molecule has 0 spiro atoms. The Bertz CT molecular complexity index is 1580. The van der Waals surface area contributed by atoms with E-state index in [0.717, 1.165) is 38.9 Å².